The standard InChI is InChI=1S/C14H30N2O2/c1-12(2)18-11-14(17)10-16(4)9-13-6-5-7-15(3)8-13/h12-14,17H,5-11H2,1-4H3. The van der Waals surface area contributed by atoms with Crippen LogP contribution in [0.4, 0.5) is 0 Å². The van der Waals surface area contributed by atoms with Crippen LogP contribution in [-0.4, -0.2) is 74.0 Å². The Morgan fingerprint density at radius 3 is 2.78 bits per heavy atom. The van der Waals surface area contributed by atoms with Gasteiger partial charge in [0, 0.05) is 19.6 Å². The first-order valence-electron chi connectivity index (χ1n) is 7.14. The highest BCUT2D eigenvalue weighted by Crippen LogP contribution is 2.15. The van der Waals surface area contributed by atoms with E-state index >= 15 is 0 Å². The molecule has 0 aromatic heterocycles. The average molecular weight is 258 g/mol. The molecule has 0 aromatic rings. The van der Waals surface area contributed by atoms with Crippen molar-refractivity contribution in [2.45, 2.75) is 38.9 Å². The first-order chi connectivity index (χ1) is 8.47. The number of aliphatic hydroxyl groups excluding tert-OH is 1. The van der Waals surface area contributed by atoms with Crippen LogP contribution in [-0.2, 0) is 4.74 Å². The van der Waals surface area contributed by atoms with Crippen LogP contribution in [0.25, 0.3) is 0 Å². The van der Waals surface area contributed by atoms with Gasteiger partial charge in [-0.15, -0.1) is 0 Å². The van der Waals surface area contributed by atoms with Gasteiger partial charge < -0.3 is 19.6 Å². The van der Waals surface area contributed by atoms with Gasteiger partial charge in [-0.25, -0.2) is 0 Å². The summed E-state index contributed by atoms with van der Waals surface area (Å²) in [5.74, 6) is 0.743. The molecule has 4 heteroatoms. The summed E-state index contributed by atoms with van der Waals surface area (Å²) in [5, 5.41) is 9.87. The van der Waals surface area contributed by atoms with Crippen LogP contribution >= 0.6 is 0 Å². The minimum absolute atomic E-state index is 0.192. The lowest BCUT2D eigenvalue weighted by molar-refractivity contribution is -0.00798. The van der Waals surface area contributed by atoms with Gasteiger partial charge in [0.2, 0.25) is 0 Å². The van der Waals surface area contributed by atoms with Gasteiger partial charge in [-0.2, -0.15) is 0 Å². The quantitative estimate of drug-likeness (QED) is 0.740. The van der Waals surface area contributed by atoms with Crippen LogP contribution in [0.1, 0.15) is 26.7 Å². The predicted molar refractivity (Wildman–Crippen MR) is 74.8 cm³/mol. The Bertz CT molecular complexity index is 224. The summed E-state index contributed by atoms with van der Waals surface area (Å²) in [4.78, 5) is 4.64. The molecule has 1 fully saturated rings. The first kappa shape index (κ1) is 15.9. The SMILES string of the molecule is CC(C)OCC(O)CN(C)CC1CCCN(C)C1. The van der Waals surface area contributed by atoms with E-state index < -0.39 is 0 Å². The van der Waals surface area contributed by atoms with Crippen molar-refractivity contribution in [3.63, 3.8) is 0 Å². The van der Waals surface area contributed by atoms with Crippen LogP contribution in [0.5, 0.6) is 0 Å². The van der Waals surface area contributed by atoms with Crippen molar-refractivity contribution in [1.82, 2.24) is 9.80 Å². The third-order valence-electron chi connectivity index (χ3n) is 3.44. The maximum Gasteiger partial charge on any atom is 0.0900 e. The van der Waals surface area contributed by atoms with E-state index in [0.29, 0.717) is 13.2 Å². The molecule has 1 aliphatic rings. The lowest BCUT2D eigenvalue weighted by Crippen LogP contribution is -2.41. The fourth-order valence-corrected chi connectivity index (χ4v) is 2.65. The van der Waals surface area contributed by atoms with E-state index in [1.54, 1.807) is 0 Å². The second-order valence-corrected chi connectivity index (χ2v) is 6.03. The highest BCUT2D eigenvalue weighted by molar-refractivity contribution is 4.74. The van der Waals surface area contributed by atoms with Crippen molar-refractivity contribution in [1.29, 1.82) is 0 Å². The van der Waals surface area contributed by atoms with Crippen molar-refractivity contribution in [3.8, 4) is 0 Å². The van der Waals surface area contributed by atoms with Gasteiger partial charge in [-0.3, -0.25) is 0 Å². The number of rotatable bonds is 7. The zero-order chi connectivity index (χ0) is 13.5. The van der Waals surface area contributed by atoms with E-state index in [0.717, 1.165) is 12.5 Å². The monoisotopic (exact) mass is 258 g/mol. The van der Waals surface area contributed by atoms with Crippen LogP contribution < -0.4 is 0 Å². The summed E-state index contributed by atoms with van der Waals surface area (Å²) in [6, 6.07) is 0. The molecule has 0 radical (unpaired) electrons. The summed E-state index contributed by atoms with van der Waals surface area (Å²) in [5.41, 5.74) is 0. The van der Waals surface area contributed by atoms with E-state index in [2.05, 4.69) is 23.9 Å². The molecule has 1 heterocycles. The number of likely N-dealkylation sites (N-methyl/N-ethyl adjacent to an activating group) is 1. The highest BCUT2D eigenvalue weighted by Gasteiger charge is 2.19. The Labute approximate surface area is 112 Å². The van der Waals surface area contributed by atoms with Crippen LogP contribution in [0.3, 0.4) is 0 Å². The fraction of sp³-hybridized carbons (Fsp3) is 1.00. The summed E-state index contributed by atoms with van der Waals surface area (Å²) in [7, 11) is 4.28. The van der Waals surface area contributed by atoms with Gasteiger partial charge in [-0.05, 0) is 53.2 Å². The molecule has 4 nitrogen and oxygen atoms in total. The summed E-state index contributed by atoms with van der Waals surface area (Å²) >= 11 is 0. The van der Waals surface area contributed by atoms with Gasteiger partial charge in [0.1, 0.15) is 0 Å². The molecule has 18 heavy (non-hydrogen) atoms. The van der Waals surface area contributed by atoms with Crippen LogP contribution in [0.15, 0.2) is 0 Å². The molecule has 0 spiro atoms. The van der Waals surface area contributed by atoms with Gasteiger partial charge in [0.15, 0.2) is 0 Å². The highest BCUT2D eigenvalue weighted by atomic mass is 16.5. The number of likely N-dealkylation sites (tertiary alicyclic amines) is 1. The second kappa shape index (κ2) is 8.10. The molecule has 2 atom stereocenters. The maximum absolute atomic E-state index is 9.87. The molecule has 0 saturated carbocycles. The molecule has 1 rings (SSSR count). The number of nitrogens with zero attached hydrogens (tertiary/aromatic N) is 2. The zero-order valence-electron chi connectivity index (χ0n) is 12.4. The molecule has 0 bridgehead atoms. The number of hydrogen-bond acceptors (Lipinski definition) is 4. The van der Waals surface area contributed by atoms with Crippen molar-refractivity contribution in [2.75, 3.05) is 46.9 Å². The Hall–Kier alpha value is -0.160. The van der Waals surface area contributed by atoms with Crippen molar-refractivity contribution in [2.24, 2.45) is 5.92 Å². The van der Waals surface area contributed by atoms with Gasteiger partial charge in [0.25, 0.3) is 0 Å². The van der Waals surface area contributed by atoms with E-state index in [1.807, 2.05) is 13.8 Å². The molecule has 1 aliphatic heterocycles. The Balaban J connectivity index is 2.17. The molecule has 2 unspecified atom stereocenters. The van der Waals surface area contributed by atoms with Crippen LogP contribution in [0, 0.1) is 5.92 Å². The summed E-state index contributed by atoms with van der Waals surface area (Å²) in [6.45, 7) is 8.61. The Morgan fingerprint density at radius 1 is 1.44 bits per heavy atom. The first-order valence-corrected chi connectivity index (χ1v) is 7.14. The van der Waals surface area contributed by atoms with E-state index in [1.165, 1.54) is 25.9 Å². The topological polar surface area (TPSA) is 35.9 Å². The zero-order valence-corrected chi connectivity index (χ0v) is 12.4. The van der Waals surface area contributed by atoms with E-state index in [4.69, 9.17) is 4.74 Å². The van der Waals surface area contributed by atoms with Gasteiger partial charge >= 0.3 is 0 Å². The summed E-state index contributed by atoms with van der Waals surface area (Å²) < 4.78 is 5.43. The minimum Gasteiger partial charge on any atom is -0.389 e. The van der Waals surface area contributed by atoms with Crippen molar-refractivity contribution < 1.29 is 9.84 Å². The average Bonchev–Trinajstić information content (AvgIpc) is 2.26. The summed E-state index contributed by atoms with van der Waals surface area (Å²) in [6.07, 6.45) is 2.43. The normalized spacial score (nSPS) is 23.8. The molecular formula is C14H30N2O2. The molecular weight excluding hydrogens is 228 g/mol. The molecule has 0 aliphatic carbocycles. The predicted octanol–water partition coefficient (Wildman–Crippen LogP) is 1.05. The molecule has 1 N–H and O–H groups in total. The largest absolute Gasteiger partial charge is 0.389 e. The number of ether oxygens (including phenoxy) is 1. The van der Waals surface area contributed by atoms with E-state index in [9.17, 15) is 5.11 Å². The minimum atomic E-state index is -0.376. The lowest BCUT2D eigenvalue weighted by Gasteiger charge is -2.33. The lowest BCUT2D eigenvalue weighted by atomic mass is 9.98. The van der Waals surface area contributed by atoms with E-state index in [-0.39, 0.29) is 12.2 Å². The van der Waals surface area contributed by atoms with Crippen molar-refractivity contribution >= 4 is 0 Å². The third kappa shape index (κ3) is 6.69. The number of aliphatic hydroxyl groups is 1. The molecule has 1 saturated heterocycles. The molecule has 0 amide bonds. The molecule has 0 aromatic carbocycles. The van der Waals surface area contributed by atoms with Crippen LogP contribution in [0.2, 0.25) is 0 Å². The Kier molecular flexibility index (Phi) is 7.15. The second-order valence-electron chi connectivity index (χ2n) is 6.03. The maximum atomic E-state index is 9.87. The smallest absolute Gasteiger partial charge is 0.0900 e. The van der Waals surface area contributed by atoms with Crippen molar-refractivity contribution in [3.05, 3.63) is 0 Å². The Morgan fingerprint density at radius 2 is 2.17 bits per heavy atom. The number of piperidine rings is 1. The van der Waals surface area contributed by atoms with Gasteiger partial charge in [0.05, 0.1) is 18.8 Å². The number of hydrogen-bond donors (Lipinski definition) is 1. The fourth-order valence-electron chi connectivity index (χ4n) is 2.65. The van der Waals surface area contributed by atoms with Gasteiger partial charge in [-0.1, -0.05) is 0 Å². The third-order valence-corrected chi connectivity index (χ3v) is 3.44. The molecule has 108 valence electrons.